The molecule has 0 saturated carbocycles. The van der Waals surface area contributed by atoms with Gasteiger partial charge in [-0.2, -0.15) is 0 Å². The van der Waals surface area contributed by atoms with Gasteiger partial charge < -0.3 is 4.74 Å². The van der Waals surface area contributed by atoms with Crippen LogP contribution in [0.4, 0.5) is 0 Å². The molecule has 0 radical (unpaired) electrons. The fourth-order valence-corrected chi connectivity index (χ4v) is 3.97. The Bertz CT molecular complexity index is 1060. The molecule has 0 amide bonds. The summed E-state index contributed by atoms with van der Waals surface area (Å²) in [5.41, 5.74) is 2.15. The van der Waals surface area contributed by atoms with Gasteiger partial charge in [0.05, 0.1) is 17.5 Å². The van der Waals surface area contributed by atoms with Crippen LogP contribution in [0.15, 0.2) is 71.8 Å². The van der Waals surface area contributed by atoms with E-state index < -0.39 is 16.0 Å². The second kappa shape index (κ2) is 6.57. The number of methoxy groups -OCH3 is 1. The molecule has 2 aromatic carbocycles. The first kappa shape index (κ1) is 17.0. The Morgan fingerprint density at radius 3 is 2.48 bits per heavy atom. The van der Waals surface area contributed by atoms with E-state index in [-0.39, 0.29) is 4.90 Å². The van der Waals surface area contributed by atoms with Crippen molar-refractivity contribution in [3.63, 3.8) is 0 Å². The van der Waals surface area contributed by atoms with E-state index in [4.69, 9.17) is 0 Å². The van der Waals surface area contributed by atoms with Gasteiger partial charge >= 0.3 is 5.97 Å². The van der Waals surface area contributed by atoms with E-state index >= 15 is 0 Å². The number of carbonyl (C=O) groups is 1. The lowest BCUT2D eigenvalue weighted by Crippen LogP contribution is -2.11. The first-order valence-corrected chi connectivity index (χ1v) is 9.06. The molecule has 5 nitrogen and oxygen atoms in total. The van der Waals surface area contributed by atoms with Crippen molar-refractivity contribution in [1.29, 1.82) is 0 Å². The van der Waals surface area contributed by atoms with Gasteiger partial charge in [-0.1, -0.05) is 24.3 Å². The molecule has 25 heavy (non-hydrogen) atoms. The summed E-state index contributed by atoms with van der Waals surface area (Å²) in [6.45, 7) is 1.80. The van der Waals surface area contributed by atoms with Crippen LogP contribution in [-0.2, 0) is 19.6 Å². The monoisotopic (exact) mass is 355 g/mol. The number of rotatable bonds is 4. The minimum Gasteiger partial charge on any atom is -0.466 e. The number of allylic oxidation sites excluding steroid dienone is 1. The molecule has 1 heterocycles. The van der Waals surface area contributed by atoms with Crippen molar-refractivity contribution in [2.24, 2.45) is 0 Å². The number of benzene rings is 2. The number of aromatic nitrogens is 1. The van der Waals surface area contributed by atoms with E-state index in [9.17, 15) is 13.2 Å². The van der Waals surface area contributed by atoms with Crippen molar-refractivity contribution < 1.29 is 17.9 Å². The van der Waals surface area contributed by atoms with Gasteiger partial charge in [-0.25, -0.2) is 17.2 Å². The topological polar surface area (TPSA) is 65.4 Å². The van der Waals surface area contributed by atoms with E-state index in [2.05, 4.69) is 4.74 Å². The van der Waals surface area contributed by atoms with Gasteiger partial charge in [0.1, 0.15) is 0 Å². The molecular weight excluding hydrogens is 338 g/mol. The third-order valence-corrected chi connectivity index (χ3v) is 5.65. The van der Waals surface area contributed by atoms with Crippen LogP contribution in [0.3, 0.4) is 0 Å². The lowest BCUT2D eigenvalue weighted by atomic mass is 10.1. The molecular formula is C19H17NO4S. The molecule has 0 N–H and O–H groups in total. The molecule has 0 aliphatic rings. The summed E-state index contributed by atoms with van der Waals surface area (Å²) in [4.78, 5) is 11.6. The second-order valence-corrected chi connectivity index (χ2v) is 7.37. The molecule has 1 aromatic heterocycles. The SMILES string of the molecule is COC(=O)/C=C(/C)c1ccc2c(ccn2S(=O)(=O)c2ccccc2)c1. The summed E-state index contributed by atoms with van der Waals surface area (Å²) in [5.74, 6) is -0.429. The molecule has 0 atom stereocenters. The Hall–Kier alpha value is -2.86. The molecule has 128 valence electrons. The van der Waals surface area contributed by atoms with Crippen LogP contribution in [0.1, 0.15) is 12.5 Å². The van der Waals surface area contributed by atoms with Crippen LogP contribution in [-0.4, -0.2) is 25.5 Å². The Morgan fingerprint density at radius 1 is 1.08 bits per heavy atom. The number of hydrogen-bond donors (Lipinski definition) is 0. The van der Waals surface area contributed by atoms with Gasteiger partial charge in [0, 0.05) is 17.7 Å². The van der Waals surface area contributed by atoms with Crippen molar-refractivity contribution in [3.8, 4) is 0 Å². The van der Waals surface area contributed by atoms with Crippen LogP contribution < -0.4 is 0 Å². The highest BCUT2D eigenvalue weighted by atomic mass is 32.2. The van der Waals surface area contributed by atoms with E-state index in [0.29, 0.717) is 5.52 Å². The van der Waals surface area contributed by atoms with Crippen molar-refractivity contribution in [2.75, 3.05) is 7.11 Å². The summed E-state index contributed by atoms with van der Waals surface area (Å²) in [6.07, 6.45) is 2.94. The lowest BCUT2D eigenvalue weighted by molar-refractivity contribution is -0.134. The fourth-order valence-electron chi connectivity index (χ4n) is 2.60. The summed E-state index contributed by atoms with van der Waals surface area (Å²) in [7, 11) is -2.33. The van der Waals surface area contributed by atoms with Gasteiger partial charge in [0.25, 0.3) is 10.0 Å². The van der Waals surface area contributed by atoms with Gasteiger partial charge in [0.15, 0.2) is 0 Å². The summed E-state index contributed by atoms with van der Waals surface area (Å²) in [6, 6.07) is 15.4. The van der Waals surface area contributed by atoms with Gasteiger partial charge in [0.2, 0.25) is 0 Å². The Labute approximate surface area is 146 Å². The molecule has 0 bridgehead atoms. The third kappa shape index (κ3) is 3.21. The number of nitrogens with zero attached hydrogens (tertiary/aromatic N) is 1. The summed E-state index contributed by atoms with van der Waals surface area (Å²) in [5, 5.41) is 0.773. The average molecular weight is 355 g/mol. The molecule has 3 aromatic rings. The number of hydrogen-bond acceptors (Lipinski definition) is 4. The quantitative estimate of drug-likeness (QED) is 0.531. The predicted octanol–water partition coefficient (Wildman–Crippen LogP) is 3.45. The zero-order chi connectivity index (χ0) is 18.0. The standard InChI is InChI=1S/C19H17NO4S/c1-14(12-19(21)24-2)15-8-9-18-16(13-15)10-11-20(18)25(22,23)17-6-4-3-5-7-17/h3-13H,1-2H3/b14-12-. The smallest absolute Gasteiger partial charge is 0.330 e. The van der Waals surface area contributed by atoms with Crippen molar-refractivity contribution in [2.45, 2.75) is 11.8 Å². The molecule has 0 spiro atoms. The molecule has 0 aliphatic heterocycles. The van der Waals surface area contributed by atoms with Crippen molar-refractivity contribution >= 4 is 32.5 Å². The molecule has 0 fully saturated rings. The minimum atomic E-state index is -3.65. The third-order valence-electron chi connectivity index (χ3n) is 3.95. The molecule has 6 heteroatoms. The summed E-state index contributed by atoms with van der Waals surface area (Å²) >= 11 is 0. The molecule has 0 saturated heterocycles. The van der Waals surface area contributed by atoms with Crippen molar-refractivity contribution in [3.05, 3.63) is 72.4 Å². The first-order valence-electron chi connectivity index (χ1n) is 7.62. The number of fused-ring (bicyclic) bond motifs is 1. The van der Waals surface area contributed by atoms with Crippen LogP contribution in [0.5, 0.6) is 0 Å². The maximum absolute atomic E-state index is 12.8. The highest BCUT2D eigenvalue weighted by Crippen LogP contribution is 2.25. The maximum atomic E-state index is 12.8. The number of ether oxygens (including phenoxy) is 1. The largest absolute Gasteiger partial charge is 0.466 e. The zero-order valence-corrected chi connectivity index (χ0v) is 14.7. The summed E-state index contributed by atoms with van der Waals surface area (Å²) < 4.78 is 31.5. The number of esters is 1. The first-order chi connectivity index (χ1) is 11.9. The highest BCUT2D eigenvalue weighted by molar-refractivity contribution is 7.90. The normalized spacial score (nSPS) is 12.3. The Balaban J connectivity index is 2.07. The van der Waals surface area contributed by atoms with Crippen LogP contribution >= 0.6 is 0 Å². The average Bonchev–Trinajstić information content (AvgIpc) is 3.06. The van der Waals surface area contributed by atoms with Crippen LogP contribution in [0.2, 0.25) is 0 Å². The molecule has 3 rings (SSSR count). The predicted molar refractivity (Wildman–Crippen MR) is 96.6 cm³/mol. The van der Waals surface area contributed by atoms with Gasteiger partial charge in [-0.3, -0.25) is 0 Å². The highest BCUT2D eigenvalue weighted by Gasteiger charge is 2.18. The van der Waals surface area contributed by atoms with E-state index in [1.165, 1.54) is 23.4 Å². The molecule has 0 unspecified atom stereocenters. The second-order valence-electron chi connectivity index (χ2n) is 5.55. The zero-order valence-electron chi connectivity index (χ0n) is 13.8. The fraction of sp³-hybridized carbons (Fsp3) is 0.105. The molecule has 0 aliphatic carbocycles. The Kier molecular flexibility index (Phi) is 4.46. The van der Waals surface area contributed by atoms with E-state index in [1.54, 1.807) is 55.5 Å². The number of carbonyl (C=O) groups excluding carboxylic acids is 1. The van der Waals surface area contributed by atoms with E-state index in [1.807, 2.05) is 6.07 Å². The minimum absolute atomic E-state index is 0.235. The van der Waals surface area contributed by atoms with Gasteiger partial charge in [-0.15, -0.1) is 0 Å². The lowest BCUT2D eigenvalue weighted by Gasteiger charge is -2.08. The van der Waals surface area contributed by atoms with Gasteiger partial charge in [-0.05, 0) is 48.4 Å². The van der Waals surface area contributed by atoms with Crippen molar-refractivity contribution in [1.82, 2.24) is 3.97 Å². The Morgan fingerprint density at radius 2 is 1.80 bits per heavy atom. The van der Waals surface area contributed by atoms with Crippen LogP contribution in [0, 0.1) is 0 Å². The van der Waals surface area contributed by atoms with Crippen LogP contribution in [0.25, 0.3) is 16.5 Å². The maximum Gasteiger partial charge on any atom is 0.330 e. The van der Waals surface area contributed by atoms with E-state index in [0.717, 1.165) is 16.5 Å².